The molecule has 2 amide bonds. The van der Waals surface area contributed by atoms with Crippen LogP contribution in [0.3, 0.4) is 0 Å². The van der Waals surface area contributed by atoms with Crippen molar-refractivity contribution in [1.29, 1.82) is 0 Å². The van der Waals surface area contributed by atoms with Crippen molar-refractivity contribution in [2.24, 2.45) is 5.41 Å². The summed E-state index contributed by atoms with van der Waals surface area (Å²) in [5, 5.41) is 15.2. The van der Waals surface area contributed by atoms with Crippen molar-refractivity contribution < 1.29 is 9.90 Å². The Kier molecular flexibility index (Phi) is 5.57. The standard InChI is InChI=1S/C16H26N2O2/c1-11-7-6-8-12(2)14(11)18-15(20)17-10-16(4,5)9-13(3)19/h6-8,13,19H,9-10H2,1-5H3,(H2,17,18,20). The van der Waals surface area contributed by atoms with Gasteiger partial charge in [0.1, 0.15) is 0 Å². The number of para-hydroxylation sites is 1. The smallest absolute Gasteiger partial charge is 0.319 e. The maximum atomic E-state index is 12.0. The van der Waals surface area contributed by atoms with E-state index in [9.17, 15) is 9.90 Å². The lowest BCUT2D eigenvalue weighted by Crippen LogP contribution is -2.38. The van der Waals surface area contributed by atoms with Gasteiger partial charge in [-0.25, -0.2) is 4.79 Å². The van der Waals surface area contributed by atoms with Gasteiger partial charge in [-0.2, -0.15) is 0 Å². The topological polar surface area (TPSA) is 61.4 Å². The number of carbonyl (C=O) groups is 1. The molecule has 0 aliphatic carbocycles. The van der Waals surface area contributed by atoms with Crippen LogP contribution in [0.25, 0.3) is 0 Å². The van der Waals surface area contributed by atoms with Crippen molar-refractivity contribution >= 4 is 11.7 Å². The van der Waals surface area contributed by atoms with Crippen LogP contribution in [0.15, 0.2) is 18.2 Å². The van der Waals surface area contributed by atoms with Gasteiger partial charge in [0.25, 0.3) is 0 Å². The summed E-state index contributed by atoms with van der Waals surface area (Å²) in [6, 6.07) is 5.71. The zero-order valence-corrected chi connectivity index (χ0v) is 13.1. The van der Waals surface area contributed by atoms with Crippen molar-refractivity contribution in [3.05, 3.63) is 29.3 Å². The summed E-state index contributed by atoms with van der Waals surface area (Å²) in [5.74, 6) is 0. The number of aryl methyl sites for hydroxylation is 2. The molecular formula is C16H26N2O2. The number of hydrogen-bond donors (Lipinski definition) is 3. The Morgan fingerprint density at radius 2 is 1.85 bits per heavy atom. The Labute approximate surface area is 121 Å². The van der Waals surface area contributed by atoms with Crippen molar-refractivity contribution in [2.45, 2.75) is 47.1 Å². The lowest BCUT2D eigenvalue weighted by molar-refractivity contribution is 0.129. The average molecular weight is 278 g/mol. The van der Waals surface area contributed by atoms with E-state index in [0.29, 0.717) is 13.0 Å². The van der Waals surface area contributed by atoms with E-state index in [-0.39, 0.29) is 17.6 Å². The number of aliphatic hydroxyl groups is 1. The van der Waals surface area contributed by atoms with Crippen molar-refractivity contribution in [3.63, 3.8) is 0 Å². The largest absolute Gasteiger partial charge is 0.393 e. The van der Waals surface area contributed by atoms with E-state index in [1.54, 1.807) is 6.92 Å². The molecule has 0 aromatic heterocycles. The van der Waals surface area contributed by atoms with Crippen LogP contribution in [0, 0.1) is 19.3 Å². The van der Waals surface area contributed by atoms with E-state index in [1.807, 2.05) is 45.9 Å². The summed E-state index contributed by atoms with van der Waals surface area (Å²) in [5.41, 5.74) is 2.82. The summed E-state index contributed by atoms with van der Waals surface area (Å²) >= 11 is 0. The highest BCUT2D eigenvalue weighted by atomic mass is 16.3. The van der Waals surface area contributed by atoms with Gasteiger partial charge in [-0.3, -0.25) is 0 Å². The lowest BCUT2D eigenvalue weighted by atomic mass is 9.87. The van der Waals surface area contributed by atoms with Crippen LogP contribution in [0.4, 0.5) is 10.5 Å². The van der Waals surface area contributed by atoms with Gasteiger partial charge in [-0.15, -0.1) is 0 Å². The number of nitrogens with one attached hydrogen (secondary N) is 2. The number of carbonyl (C=O) groups excluding carboxylic acids is 1. The number of urea groups is 1. The summed E-state index contributed by atoms with van der Waals surface area (Å²) in [6.45, 7) is 10.3. The molecule has 0 aliphatic rings. The Bertz CT molecular complexity index is 447. The maximum absolute atomic E-state index is 12.0. The van der Waals surface area contributed by atoms with Gasteiger partial charge in [0, 0.05) is 12.2 Å². The fourth-order valence-corrected chi connectivity index (χ4v) is 2.36. The first-order valence-electron chi connectivity index (χ1n) is 7.00. The zero-order chi connectivity index (χ0) is 15.3. The molecule has 20 heavy (non-hydrogen) atoms. The van der Waals surface area contributed by atoms with Crippen LogP contribution in [0.1, 0.15) is 38.3 Å². The first kappa shape index (κ1) is 16.5. The fourth-order valence-electron chi connectivity index (χ4n) is 2.36. The molecular weight excluding hydrogens is 252 g/mol. The molecule has 1 atom stereocenters. The maximum Gasteiger partial charge on any atom is 0.319 e. The first-order chi connectivity index (χ1) is 9.21. The van der Waals surface area contributed by atoms with Crippen LogP contribution in [0.2, 0.25) is 0 Å². The second-order valence-corrected chi connectivity index (χ2v) is 6.29. The minimum absolute atomic E-state index is 0.133. The van der Waals surface area contributed by atoms with Crippen LogP contribution < -0.4 is 10.6 Å². The molecule has 0 aliphatic heterocycles. The number of anilines is 1. The normalized spacial score (nSPS) is 12.9. The minimum Gasteiger partial charge on any atom is -0.393 e. The molecule has 0 fully saturated rings. The Morgan fingerprint density at radius 1 is 1.30 bits per heavy atom. The van der Waals surface area contributed by atoms with Gasteiger partial charge in [0.05, 0.1) is 6.10 Å². The molecule has 1 unspecified atom stereocenters. The second kappa shape index (κ2) is 6.75. The van der Waals surface area contributed by atoms with E-state index in [2.05, 4.69) is 10.6 Å². The molecule has 3 N–H and O–H groups in total. The molecule has 1 rings (SSSR count). The number of rotatable bonds is 5. The van der Waals surface area contributed by atoms with E-state index in [0.717, 1.165) is 16.8 Å². The molecule has 0 saturated heterocycles. The lowest BCUT2D eigenvalue weighted by Gasteiger charge is -2.26. The van der Waals surface area contributed by atoms with E-state index >= 15 is 0 Å². The van der Waals surface area contributed by atoms with Crippen LogP contribution in [-0.2, 0) is 0 Å². The number of amides is 2. The van der Waals surface area contributed by atoms with Crippen molar-refractivity contribution in [3.8, 4) is 0 Å². The SMILES string of the molecule is Cc1cccc(C)c1NC(=O)NCC(C)(C)CC(C)O. The third-order valence-corrected chi connectivity index (χ3v) is 3.30. The van der Waals surface area contributed by atoms with E-state index < -0.39 is 0 Å². The average Bonchev–Trinajstić information content (AvgIpc) is 2.30. The van der Waals surface area contributed by atoms with Crippen molar-refractivity contribution in [1.82, 2.24) is 5.32 Å². The third kappa shape index (κ3) is 5.21. The summed E-state index contributed by atoms with van der Waals surface area (Å²) in [6.07, 6.45) is 0.282. The Hall–Kier alpha value is -1.55. The van der Waals surface area contributed by atoms with Gasteiger partial charge in [-0.05, 0) is 43.7 Å². The minimum atomic E-state index is -0.367. The molecule has 1 aromatic carbocycles. The van der Waals surface area contributed by atoms with Crippen LogP contribution in [-0.4, -0.2) is 23.8 Å². The molecule has 112 valence electrons. The van der Waals surface area contributed by atoms with Gasteiger partial charge in [0.15, 0.2) is 0 Å². The zero-order valence-electron chi connectivity index (χ0n) is 13.1. The van der Waals surface area contributed by atoms with Crippen LogP contribution >= 0.6 is 0 Å². The van der Waals surface area contributed by atoms with Gasteiger partial charge in [-0.1, -0.05) is 32.0 Å². The molecule has 4 heteroatoms. The quantitative estimate of drug-likeness (QED) is 0.774. The van der Waals surface area contributed by atoms with Gasteiger partial charge >= 0.3 is 6.03 Å². The van der Waals surface area contributed by atoms with E-state index in [1.165, 1.54) is 0 Å². The van der Waals surface area contributed by atoms with Gasteiger partial charge < -0.3 is 15.7 Å². The highest BCUT2D eigenvalue weighted by Gasteiger charge is 2.21. The highest BCUT2D eigenvalue weighted by molar-refractivity contribution is 5.90. The summed E-state index contributed by atoms with van der Waals surface area (Å²) in [7, 11) is 0. The van der Waals surface area contributed by atoms with E-state index in [4.69, 9.17) is 0 Å². The highest BCUT2D eigenvalue weighted by Crippen LogP contribution is 2.22. The number of aliphatic hydroxyl groups excluding tert-OH is 1. The Morgan fingerprint density at radius 3 is 2.35 bits per heavy atom. The predicted molar refractivity (Wildman–Crippen MR) is 83.0 cm³/mol. The third-order valence-electron chi connectivity index (χ3n) is 3.30. The molecule has 0 saturated carbocycles. The first-order valence-corrected chi connectivity index (χ1v) is 7.00. The predicted octanol–water partition coefficient (Wildman–Crippen LogP) is 3.22. The van der Waals surface area contributed by atoms with Crippen LogP contribution in [0.5, 0.6) is 0 Å². The number of benzene rings is 1. The summed E-state index contributed by atoms with van der Waals surface area (Å²) in [4.78, 5) is 12.0. The molecule has 0 heterocycles. The Balaban J connectivity index is 2.56. The molecule has 0 bridgehead atoms. The molecule has 1 aromatic rings. The molecule has 4 nitrogen and oxygen atoms in total. The fraction of sp³-hybridized carbons (Fsp3) is 0.562. The monoisotopic (exact) mass is 278 g/mol. The second-order valence-electron chi connectivity index (χ2n) is 6.29. The number of hydrogen-bond acceptors (Lipinski definition) is 2. The van der Waals surface area contributed by atoms with Crippen molar-refractivity contribution in [2.75, 3.05) is 11.9 Å². The molecule has 0 radical (unpaired) electrons. The summed E-state index contributed by atoms with van der Waals surface area (Å²) < 4.78 is 0. The molecule has 0 spiro atoms. The van der Waals surface area contributed by atoms with Gasteiger partial charge in [0.2, 0.25) is 0 Å².